The fourth-order valence-corrected chi connectivity index (χ4v) is 5.04. The van der Waals surface area contributed by atoms with Crippen molar-refractivity contribution in [3.8, 4) is 0 Å². The van der Waals surface area contributed by atoms with Crippen LogP contribution in [0.25, 0.3) is 10.8 Å². The number of carbonyl (C=O) groups is 2. The van der Waals surface area contributed by atoms with E-state index in [9.17, 15) is 18.0 Å². The third-order valence-electron chi connectivity index (χ3n) is 5.62. The van der Waals surface area contributed by atoms with Gasteiger partial charge in [0.15, 0.2) is 0 Å². The highest BCUT2D eigenvalue weighted by Crippen LogP contribution is 2.26. The summed E-state index contributed by atoms with van der Waals surface area (Å²) in [7, 11) is -3.62. The van der Waals surface area contributed by atoms with Crippen LogP contribution in [0, 0.1) is 0 Å². The number of carbonyl (C=O) groups excluding carboxylic acids is 2. The van der Waals surface area contributed by atoms with Gasteiger partial charge in [0.2, 0.25) is 15.7 Å². The van der Waals surface area contributed by atoms with Crippen molar-refractivity contribution in [2.24, 2.45) is 0 Å². The normalized spacial score (nSPS) is 11.1. The summed E-state index contributed by atoms with van der Waals surface area (Å²) in [6.07, 6.45) is -0.480. The molecule has 0 atom stereocenters. The van der Waals surface area contributed by atoms with Crippen LogP contribution in [0.2, 0.25) is 0 Å². The van der Waals surface area contributed by atoms with Crippen LogP contribution < -0.4 is 10.6 Å². The second-order valence-electron chi connectivity index (χ2n) is 8.13. The van der Waals surface area contributed by atoms with Crippen molar-refractivity contribution >= 4 is 32.6 Å². The van der Waals surface area contributed by atoms with Crippen molar-refractivity contribution in [2.45, 2.75) is 29.4 Å². The van der Waals surface area contributed by atoms with Gasteiger partial charge in [-0.05, 0) is 46.2 Å². The Morgan fingerprint density at radius 2 is 1.47 bits per heavy atom. The van der Waals surface area contributed by atoms with Gasteiger partial charge in [-0.25, -0.2) is 13.2 Å². The maximum absolute atomic E-state index is 12.9. The molecule has 0 saturated carbocycles. The van der Waals surface area contributed by atoms with Gasteiger partial charge < -0.3 is 15.4 Å². The van der Waals surface area contributed by atoms with E-state index in [4.69, 9.17) is 4.74 Å². The summed E-state index contributed by atoms with van der Waals surface area (Å²) in [5.74, 6) is -0.223. The molecule has 0 saturated heterocycles. The van der Waals surface area contributed by atoms with Crippen LogP contribution in [0.5, 0.6) is 0 Å². The lowest BCUT2D eigenvalue weighted by Gasteiger charge is -2.11. The van der Waals surface area contributed by atoms with Gasteiger partial charge in [-0.2, -0.15) is 0 Å². The lowest BCUT2D eigenvalue weighted by molar-refractivity contribution is -0.121. The average molecular weight is 503 g/mol. The zero-order chi connectivity index (χ0) is 25.4. The Bertz CT molecular complexity index is 1460. The van der Waals surface area contributed by atoms with Gasteiger partial charge in [-0.1, -0.05) is 72.8 Å². The zero-order valence-corrected chi connectivity index (χ0v) is 20.3. The molecule has 0 aliphatic rings. The molecule has 7 nitrogen and oxygen atoms in total. The Morgan fingerprint density at radius 3 is 2.22 bits per heavy atom. The van der Waals surface area contributed by atoms with Gasteiger partial charge in [0.05, 0.1) is 9.79 Å². The Morgan fingerprint density at radius 1 is 0.750 bits per heavy atom. The molecular weight excluding hydrogens is 476 g/mol. The predicted octanol–water partition coefficient (Wildman–Crippen LogP) is 4.61. The van der Waals surface area contributed by atoms with E-state index >= 15 is 0 Å². The van der Waals surface area contributed by atoms with Crippen LogP contribution >= 0.6 is 0 Å². The highest BCUT2D eigenvalue weighted by atomic mass is 32.2. The molecule has 0 unspecified atom stereocenters. The van der Waals surface area contributed by atoms with E-state index in [-0.39, 0.29) is 41.8 Å². The molecule has 8 heteroatoms. The van der Waals surface area contributed by atoms with Crippen molar-refractivity contribution in [3.05, 3.63) is 108 Å². The van der Waals surface area contributed by atoms with Gasteiger partial charge in [0.25, 0.3) is 0 Å². The number of benzene rings is 4. The van der Waals surface area contributed by atoms with E-state index in [0.29, 0.717) is 0 Å². The third-order valence-corrected chi connectivity index (χ3v) is 7.38. The van der Waals surface area contributed by atoms with Crippen molar-refractivity contribution in [2.75, 3.05) is 6.54 Å². The molecule has 2 amide bonds. The number of rotatable bonds is 9. The molecule has 184 valence electrons. The van der Waals surface area contributed by atoms with Crippen LogP contribution in [0.4, 0.5) is 4.79 Å². The summed E-state index contributed by atoms with van der Waals surface area (Å²) in [4.78, 5) is 24.5. The maximum atomic E-state index is 12.9. The number of ether oxygens (including phenoxy) is 1. The number of hydrogen-bond donors (Lipinski definition) is 2. The Kier molecular flexibility index (Phi) is 7.97. The summed E-state index contributed by atoms with van der Waals surface area (Å²) >= 11 is 0. The van der Waals surface area contributed by atoms with E-state index in [1.807, 2.05) is 48.5 Å². The Labute approximate surface area is 210 Å². The first-order valence-electron chi connectivity index (χ1n) is 11.5. The second kappa shape index (κ2) is 11.5. The summed E-state index contributed by atoms with van der Waals surface area (Å²) in [5, 5.41) is 7.03. The molecule has 0 radical (unpaired) electrons. The zero-order valence-electron chi connectivity index (χ0n) is 19.5. The summed E-state index contributed by atoms with van der Waals surface area (Å²) in [6, 6.07) is 28.2. The molecule has 0 heterocycles. The van der Waals surface area contributed by atoms with Crippen molar-refractivity contribution < 1.29 is 22.7 Å². The molecule has 0 aliphatic heterocycles. The topological polar surface area (TPSA) is 102 Å². The first-order valence-corrected chi connectivity index (χ1v) is 12.9. The highest BCUT2D eigenvalue weighted by molar-refractivity contribution is 7.91. The van der Waals surface area contributed by atoms with E-state index < -0.39 is 15.9 Å². The van der Waals surface area contributed by atoms with Crippen LogP contribution in [0.1, 0.15) is 17.5 Å². The van der Waals surface area contributed by atoms with E-state index in [2.05, 4.69) is 10.6 Å². The van der Waals surface area contributed by atoms with Gasteiger partial charge in [-0.3, -0.25) is 4.79 Å². The molecule has 4 rings (SSSR count). The summed E-state index contributed by atoms with van der Waals surface area (Å²) < 4.78 is 31.0. The molecule has 0 fully saturated rings. The summed E-state index contributed by atoms with van der Waals surface area (Å²) in [5.41, 5.74) is 1.74. The van der Waals surface area contributed by atoms with Gasteiger partial charge >= 0.3 is 6.09 Å². The minimum Gasteiger partial charge on any atom is -0.445 e. The minimum atomic E-state index is -3.62. The number of alkyl carbamates (subject to hydrolysis) is 1. The molecule has 4 aromatic rings. The fraction of sp³-hybridized carbons (Fsp3) is 0.143. The lowest BCUT2D eigenvalue weighted by Crippen LogP contribution is -2.30. The van der Waals surface area contributed by atoms with E-state index in [0.717, 1.165) is 21.9 Å². The number of sulfone groups is 1. The van der Waals surface area contributed by atoms with Gasteiger partial charge in [0.1, 0.15) is 6.61 Å². The molecule has 0 aliphatic carbocycles. The number of nitrogens with one attached hydrogen (secondary N) is 2. The minimum absolute atomic E-state index is 0.102. The maximum Gasteiger partial charge on any atom is 0.407 e. The largest absolute Gasteiger partial charge is 0.445 e. The predicted molar refractivity (Wildman–Crippen MR) is 137 cm³/mol. The first kappa shape index (κ1) is 24.9. The molecule has 0 bridgehead atoms. The monoisotopic (exact) mass is 502 g/mol. The van der Waals surface area contributed by atoms with Crippen LogP contribution in [0.3, 0.4) is 0 Å². The van der Waals surface area contributed by atoms with Crippen molar-refractivity contribution in [1.29, 1.82) is 0 Å². The van der Waals surface area contributed by atoms with Crippen LogP contribution in [-0.4, -0.2) is 27.0 Å². The number of amides is 2. The standard InChI is InChI=1S/C28H26N2O5S/c31-27(16-17-29-28(32)35-20-21-8-3-1-4-9-21)30-19-23-11-7-10-22-18-25(14-15-26(22)23)36(33,34)24-12-5-2-6-13-24/h1-15,18H,16-17,19-20H2,(H,29,32)(H,30,31). The molecule has 0 aromatic heterocycles. The van der Waals surface area contributed by atoms with Gasteiger partial charge in [-0.15, -0.1) is 0 Å². The van der Waals surface area contributed by atoms with Crippen molar-refractivity contribution in [3.63, 3.8) is 0 Å². The van der Waals surface area contributed by atoms with Crippen LogP contribution in [-0.2, 0) is 32.5 Å². The molecule has 0 spiro atoms. The lowest BCUT2D eigenvalue weighted by atomic mass is 10.0. The molecule has 36 heavy (non-hydrogen) atoms. The Hall–Kier alpha value is -4.17. The summed E-state index contributed by atoms with van der Waals surface area (Å²) in [6.45, 7) is 0.587. The quantitative estimate of drug-likeness (QED) is 0.348. The number of fused-ring (bicyclic) bond motifs is 1. The molecular formula is C28H26N2O5S. The van der Waals surface area contributed by atoms with Gasteiger partial charge in [0, 0.05) is 19.5 Å². The third kappa shape index (κ3) is 6.28. The number of hydrogen-bond acceptors (Lipinski definition) is 5. The smallest absolute Gasteiger partial charge is 0.407 e. The van der Waals surface area contributed by atoms with Crippen LogP contribution in [0.15, 0.2) is 107 Å². The Balaban J connectivity index is 1.30. The SMILES string of the molecule is O=C(CCNC(=O)OCc1ccccc1)NCc1cccc2cc(S(=O)(=O)c3ccccc3)ccc12. The second-order valence-corrected chi connectivity index (χ2v) is 10.1. The van der Waals surface area contributed by atoms with E-state index in [1.54, 1.807) is 48.5 Å². The highest BCUT2D eigenvalue weighted by Gasteiger charge is 2.18. The fourth-order valence-electron chi connectivity index (χ4n) is 3.72. The molecule has 4 aromatic carbocycles. The molecule has 2 N–H and O–H groups in total. The first-order chi connectivity index (χ1) is 17.4. The van der Waals surface area contributed by atoms with Crippen molar-refractivity contribution in [1.82, 2.24) is 10.6 Å². The van der Waals surface area contributed by atoms with E-state index in [1.165, 1.54) is 0 Å². The average Bonchev–Trinajstić information content (AvgIpc) is 2.91.